The van der Waals surface area contributed by atoms with Gasteiger partial charge in [-0.1, -0.05) is 0 Å². The number of ether oxygens (including phenoxy) is 3. The Bertz CT molecular complexity index is 887. The van der Waals surface area contributed by atoms with Crippen LogP contribution in [0.15, 0.2) is 30.5 Å². The topological polar surface area (TPSA) is 81.4 Å². The number of methoxy groups -OCH3 is 1. The molecule has 6 nitrogen and oxygen atoms in total. The highest BCUT2D eigenvalue weighted by molar-refractivity contribution is 6.03. The van der Waals surface area contributed by atoms with Crippen LogP contribution in [0.5, 0.6) is 17.2 Å². The van der Waals surface area contributed by atoms with E-state index in [4.69, 9.17) is 14.2 Å². The Morgan fingerprint density at radius 2 is 2.04 bits per heavy atom. The lowest BCUT2D eigenvalue weighted by atomic mass is 9.94. The van der Waals surface area contributed by atoms with Crippen molar-refractivity contribution in [2.75, 3.05) is 20.3 Å². The van der Waals surface area contributed by atoms with Crippen LogP contribution in [0.4, 0.5) is 13.2 Å². The van der Waals surface area contributed by atoms with E-state index >= 15 is 0 Å². The third-order valence-corrected chi connectivity index (χ3v) is 3.91. The average molecular weight is 378 g/mol. The molecule has 140 valence electrons. The first kappa shape index (κ1) is 18.5. The molecule has 0 amide bonds. The fourth-order valence-corrected chi connectivity index (χ4v) is 2.58. The van der Waals surface area contributed by atoms with Gasteiger partial charge >= 0.3 is 6.18 Å². The molecule has 1 unspecified atom stereocenters. The second-order valence-electron chi connectivity index (χ2n) is 5.60. The SMILES string of the molecule is COc1cc(C(=O)C(C#N)c2ccc(C(F)(F)F)cn2)cc2c1OCCO2. The van der Waals surface area contributed by atoms with Gasteiger partial charge in [-0.15, -0.1) is 0 Å². The molecule has 1 aromatic heterocycles. The van der Waals surface area contributed by atoms with E-state index in [1.807, 2.05) is 0 Å². The smallest absolute Gasteiger partial charge is 0.417 e. The maximum absolute atomic E-state index is 12.8. The van der Waals surface area contributed by atoms with E-state index in [2.05, 4.69) is 4.98 Å². The summed E-state index contributed by atoms with van der Waals surface area (Å²) < 4.78 is 54.1. The van der Waals surface area contributed by atoms with Crippen LogP contribution in [-0.2, 0) is 6.18 Å². The molecule has 1 aliphatic heterocycles. The molecule has 0 saturated carbocycles. The minimum Gasteiger partial charge on any atom is -0.493 e. The van der Waals surface area contributed by atoms with Crippen molar-refractivity contribution in [3.05, 3.63) is 47.3 Å². The van der Waals surface area contributed by atoms with Crippen LogP contribution in [0, 0.1) is 11.3 Å². The van der Waals surface area contributed by atoms with Crippen molar-refractivity contribution in [1.29, 1.82) is 5.26 Å². The molecule has 9 heteroatoms. The fraction of sp³-hybridized carbons (Fsp3) is 0.278. The van der Waals surface area contributed by atoms with E-state index in [9.17, 15) is 23.2 Å². The Balaban J connectivity index is 1.95. The predicted octanol–water partition coefficient (Wildman–Crippen LogP) is 3.37. The number of ketones is 1. The number of aromatic nitrogens is 1. The third kappa shape index (κ3) is 3.65. The average Bonchev–Trinajstić information content (AvgIpc) is 2.67. The van der Waals surface area contributed by atoms with E-state index < -0.39 is 23.4 Å². The zero-order valence-corrected chi connectivity index (χ0v) is 14.0. The molecular weight excluding hydrogens is 365 g/mol. The van der Waals surface area contributed by atoms with Gasteiger partial charge in [0.2, 0.25) is 5.75 Å². The van der Waals surface area contributed by atoms with Crippen LogP contribution in [0.25, 0.3) is 0 Å². The molecule has 3 rings (SSSR count). The van der Waals surface area contributed by atoms with E-state index in [-0.39, 0.29) is 23.6 Å². The molecule has 0 bridgehead atoms. The Morgan fingerprint density at radius 3 is 2.63 bits per heavy atom. The van der Waals surface area contributed by atoms with Crippen molar-refractivity contribution in [2.24, 2.45) is 0 Å². The molecule has 1 aliphatic rings. The quantitative estimate of drug-likeness (QED) is 0.759. The summed E-state index contributed by atoms with van der Waals surface area (Å²) in [6, 6.07) is 6.39. The number of hydrogen-bond donors (Lipinski definition) is 0. The molecule has 1 atom stereocenters. The molecule has 0 radical (unpaired) electrons. The van der Waals surface area contributed by atoms with Crippen molar-refractivity contribution < 1.29 is 32.2 Å². The monoisotopic (exact) mass is 378 g/mol. The van der Waals surface area contributed by atoms with Gasteiger partial charge in [-0.05, 0) is 24.3 Å². The number of nitriles is 1. The maximum Gasteiger partial charge on any atom is 0.417 e. The van der Waals surface area contributed by atoms with Crippen LogP contribution in [-0.4, -0.2) is 31.1 Å². The summed E-state index contributed by atoms with van der Waals surface area (Å²) in [6.07, 6.45) is -3.96. The van der Waals surface area contributed by atoms with Crippen molar-refractivity contribution in [1.82, 2.24) is 4.98 Å². The molecule has 2 heterocycles. The Kier molecular flexibility index (Phi) is 4.90. The molecule has 0 spiro atoms. The van der Waals surface area contributed by atoms with Gasteiger partial charge in [0.1, 0.15) is 13.2 Å². The van der Waals surface area contributed by atoms with Gasteiger partial charge in [0, 0.05) is 11.8 Å². The number of carbonyl (C=O) groups excluding carboxylic acids is 1. The minimum absolute atomic E-state index is 0.0793. The number of fused-ring (bicyclic) bond motifs is 1. The summed E-state index contributed by atoms with van der Waals surface area (Å²) in [6.45, 7) is 0.614. The number of pyridine rings is 1. The van der Waals surface area contributed by atoms with E-state index in [0.29, 0.717) is 24.3 Å². The highest BCUT2D eigenvalue weighted by atomic mass is 19.4. The summed E-state index contributed by atoms with van der Waals surface area (Å²) in [5.41, 5.74) is -0.940. The van der Waals surface area contributed by atoms with Gasteiger partial charge in [0.15, 0.2) is 23.2 Å². The Morgan fingerprint density at radius 1 is 1.30 bits per heavy atom. The van der Waals surface area contributed by atoms with Gasteiger partial charge in [-0.2, -0.15) is 18.4 Å². The first-order valence-electron chi connectivity index (χ1n) is 7.79. The molecule has 1 aromatic carbocycles. The Labute approximate surface area is 152 Å². The molecule has 0 saturated heterocycles. The highest BCUT2D eigenvalue weighted by Gasteiger charge is 2.32. The highest BCUT2D eigenvalue weighted by Crippen LogP contribution is 2.41. The van der Waals surface area contributed by atoms with Gasteiger partial charge < -0.3 is 14.2 Å². The number of nitrogens with zero attached hydrogens (tertiary/aromatic N) is 2. The lowest BCUT2D eigenvalue weighted by molar-refractivity contribution is -0.137. The normalized spacial score (nSPS) is 14.2. The van der Waals surface area contributed by atoms with Crippen molar-refractivity contribution in [3.63, 3.8) is 0 Å². The summed E-state index contributed by atoms with van der Waals surface area (Å²) >= 11 is 0. The van der Waals surface area contributed by atoms with Gasteiger partial charge in [0.05, 0.1) is 24.4 Å². The van der Waals surface area contributed by atoms with Crippen LogP contribution < -0.4 is 14.2 Å². The maximum atomic E-state index is 12.8. The number of benzene rings is 1. The van der Waals surface area contributed by atoms with E-state index in [1.54, 1.807) is 6.07 Å². The molecular formula is C18H13F3N2O4. The van der Waals surface area contributed by atoms with Crippen LogP contribution in [0.1, 0.15) is 27.5 Å². The molecule has 0 fully saturated rings. The zero-order chi connectivity index (χ0) is 19.6. The van der Waals surface area contributed by atoms with E-state index in [1.165, 1.54) is 19.2 Å². The van der Waals surface area contributed by atoms with Crippen molar-refractivity contribution in [2.45, 2.75) is 12.1 Å². The third-order valence-electron chi connectivity index (χ3n) is 3.91. The number of alkyl halides is 3. The molecule has 0 aliphatic carbocycles. The molecule has 0 N–H and O–H groups in total. The number of hydrogen-bond acceptors (Lipinski definition) is 6. The molecule has 2 aromatic rings. The summed E-state index contributed by atoms with van der Waals surface area (Å²) in [4.78, 5) is 16.4. The lowest BCUT2D eigenvalue weighted by Gasteiger charge is -2.21. The summed E-state index contributed by atoms with van der Waals surface area (Å²) in [7, 11) is 1.39. The first-order chi connectivity index (χ1) is 12.8. The van der Waals surface area contributed by atoms with Crippen LogP contribution in [0.3, 0.4) is 0 Å². The Hall–Kier alpha value is -3.28. The van der Waals surface area contributed by atoms with Crippen LogP contribution >= 0.6 is 0 Å². The first-order valence-corrected chi connectivity index (χ1v) is 7.79. The molecule has 27 heavy (non-hydrogen) atoms. The number of rotatable bonds is 4. The standard InChI is InChI=1S/C18H13F3N2O4/c1-25-14-6-10(7-15-17(14)27-5-4-26-15)16(24)12(8-22)13-3-2-11(9-23-13)18(19,20)21/h2-3,6-7,9,12H,4-5H2,1H3. The van der Waals surface area contributed by atoms with Gasteiger partial charge in [0.25, 0.3) is 0 Å². The minimum atomic E-state index is -4.55. The number of halogens is 3. The van der Waals surface area contributed by atoms with Crippen molar-refractivity contribution in [3.8, 4) is 23.3 Å². The largest absolute Gasteiger partial charge is 0.493 e. The van der Waals surface area contributed by atoms with Crippen molar-refractivity contribution >= 4 is 5.78 Å². The number of carbonyl (C=O) groups is 1. The van der Waals surface area contributed by atoms with Crippen LogP contribution in [0.2, 0.25) is 0 Å². The summed E-state index contributed by atoms with van der Waals surface area (Å²) in [5, 5.41) is 9.39. The predicted molar refractivity (Wildman–Crippen MR) is 85.9 cm³/mol. The van der Waals surface area contributed by atoms with E-state index in [0.717, 1.165) is 12.1 Å². The second-order valence-corrected chi connectivity index (χ2v) is 5.60. The number of Topliss-reactive ketones (excluding diaryl/α,β-unsaturated/α-hetero) is 1. The summed E-state index contributed by atoms with van der Waals surface area (Å²) in [5.74, 6) is -1.12. The van der Waals surface area contributed by atoms with Gasteiger partial charge in [-0.3, -0.25) is 9.78 Å². The van der Waals surface area contributed by atoms with Gasteiger partial charge in [-0.25, -0.2) is 0 Å². The second kappa shape index (κ2) is 7.15. The fourth-order valence-electron chi connectivity index (χ4n) is 2.58. The zero-order valence-electron chi connectivity index (χ0n) is 14.0. The lowest BCUT2D eigenvalue weighted by Crippen LogP contribution is -2.18.